The summed E-state index contributed by atoms with van der Waals surface area (Å²) in [5.74, 6) is 0. The topological polar surface area (TPSA) is 43.8 Å². The predicted octanol–water partition coefficient (Wildman–Crippen LogP) is 3.79. The number of rotatable bonds is 3. The maximum absolute atomic E-state index is 5.70. The Hall–Kier alpha value is -1.82. The van der Waals surface area contributed by atoms with Gasteiger partial charge in [0.2, 0.25) is 0 Å². The van der Waals surface area contributed by atoms with Crippen molar-refractivity contribution < 1.29 is 0 Å². The van der Waals surface area contributed by atoms with Crippen molar-refractivity contribution in [1.29, 1.82) is 0 Å². The number of benzene rings is 2. The fraction of sp³-hybridized carbons (Fsp3) is 0.0625. The zero-order valence-electron chi connectivity index (χ0n) is 10.8. The fourth-order valence-electron chi connectivity index (χ4n) is 2.05. The number of hydrogen-bond acceptors (Lipinski definition) is 2. The van der Waals surface area contributed by atoms with Gasteiger partial charge >= 0.3 is 0 Å². The number of nitrogen functional groups attached to an aromatic ring is 1. The van der Waals surface area contributed by atoms with Crippen molar-refractivity contribution in [2.45, 2.75) is 6.54 Å². The molecule has 3 rings (SSSR count). The Kier molecular flexibility index (Phi) is 3.73. The van der Waals surface area contributed by atoms with Gasteiger partial charge in [-0.3, -0.25) is 4.68 Å². The minimum atomic E-state index is 0.778. The van der Waals surface area contributed by atoms with Crippen LogP contribution in [0, 0.1) is 3.57 Å². The first-order valence-electron chi connectivity index (χ1n) is 6.33. The molecule has 0 radical (unpaired) electrons. The molecule has 2 aromatic carbocycles. The molecule has 0 unspecified atom stereocenters. The maximum Gasteiger partial charge on any atom is 0.0659 e. The molecule has 0 spiro atoms. The van der Waals surface area contributed by atoms with E-state index >= 15 is 0 Å². The summed E-state index contributed by atoms with van der Waals surface area (Å²) in [6.45, 7) is 0.784. The third-order valence-electron chi connectivity index (χ3n) is 3.14. The summed E-state index contributed by atoms with van der Waals surface area (Å²) in [6, 6.07) is 16.3. The van der Waals surface area contributed by atoms with Crippen LogP contribution < -0.4 is 5.73 Å². The Morgan fingerprint density at radius 3 is 2.35 bits per heavy atom. The molecule has 0 amide bonds. The molecular weight excluding hydrogens is 361 g/mol. The second kappa shape index (κ2) is 5.66. The van der Waals surface area contributed by atoms with Crippen LogP contribution in [0.5, 0.6) is 0 Å². The molecule has 3 nitrogen and oxygen atoms in total. The monoisotopic (exact) mass is 375 g/mol. The molecule has 0 saturated heterocycles. The minimum absolute atomic E-state index is 0.778. The van der Waals surface area contributed by atoms with Gasteiger partial charge in [-0.2, -0.15) is 5.10 Å². The van der Waals surface area contributed by atoms with Crippen molar-refractivity contribution in [2.24, 2.45) is 0 Å². The molecule has 1 aromatic heterocycles. The van der Waals surface area contributed by atoms with Gasteiger partial charge in [-0.05, 0) is 58.0 Å². The summed E-state index contributed by atoms with van der Waals surface area (Å²) in [6.07, 6.45) is 3.95. The van der Waals surface area contributed by atoms with Gasteiger partial charge in [-0.25, -0.2) is 0 Å². The van der Waals surface area contributed by atoms with Crippen LogP contribution in [0.15, 0.2) is 60.9 Å². The maximum atomic E-state index is 5.70. The fourth-order valence-corrected chi connectivity index (χ4v) is 2.41. The first-order chi connectivity index (χ1) is 9.70. The Balaban J connectivity index is 1.80. The Morgan fingerprint density at radius 2 is 1.65 bits per heavy atom. The van der Waals surface area contributed by atoms with Gasteiger partial charge in [-0.15, -0.1) is 0 Å². The van der Waals surface area contributed by atoms with Crippen LogP contribution >= 0.6 is 22.6 Å². The van der Waals surface area contributed by atoms with Gasteiger partial charge in [0.15, 0.2) is 0 Å². The molecule has 0 aliphatic rings. The molecule has 0 bridgehead atoms. The van der Waals surface area contributed by atoms with E-state index in [0.29, 0.717) is 0 Å². The second-order valence-electron chi connectivity index (χ2n) is 4.68. The second-order valence-corrected chi connectivity index (χ2v) is 5.92. The Bertz CT molecular complexity index is 699. The molecule has 0 saturated carbocycles. The van der Waals surface area contributed by atoms with Crippen LogP contribution in [-0.2, 0) is 6.54 Å². The number of anilines is 1. The van der Waals surface area contributed by atoms with Crippen LogP contribution in [0.3, 0.4) is 0 Å². The van der Waals surface area contributed by atoms with Gasteiger partial charge in [0, 0.05) is 21.0 Å². The molecule has 3 aromatic rings. The van der Waals surface area contributed by atoms with Gasteiger partial charge in [-0.1, -0.05) is 24.3 Å². The average molecular weight is 375 g/mol. The third kappa shape index (κ3) is 3.01. The summed E-state index contributed by atoms with van der Waals surface area (Å²) < 4.78 is 3.20. The van der Waals surface area contributed by atoms with E-state index in [-0.39, 0.29) is 0 Å². The first kappa shape index (κ1) is 13.2. The van der Waals surface area contributed by atoms with Crippen LogP contribution in [0.2, 0.25) is 0 Å². The minimum Gasteiger partial charge on any atom is -0.399 e. The van der Waals surface area contributed by atoms with E-state index in [1.807, 2.05) is 35.1 Å². The predicted molar refractivity (Wildman–Crippen MR) is 90.3 cm³/mol. The molecule has 2 N–H and O–H groups in total. The molecule has 4 heteroatoms. The normalized spacial score (nSPS) is 10.7. The SMILES string of the molecule is Nc1ccc(-c2cnn(Cc3ccc(I)cc3)c2)cc1. The summed E-state index contributed by atoms with van der Waals surface area (Å²) in [7, 11) is 0. The first-order valence-corrected chi connectivity index (χ1v) is 7.41. The van der Waals surface area contributed by atoms with Crippen molar-refractivity contribution in [3.05, 3.63) is 70.1 Å². The van der Waals surface area contributed by atoms with Crippen molar-refractivity contribution in [1.82, 2.24) is 9.78 Å². The molecule has 1 heterocycles. The molecule has 0 aliphatic carbocycles. The number of nitrogens with zero attached hydrogens (tertiary/aromatic N) is 2. The quantitative estimate of drug-likeness (QED) is 0.559. The molecule has 20 heavy (non-hydrogen) atoms. The average Bonchev–Trinajstić information content (AvgIpc) is 2.91. The van der Waals surface area contributed by atoms with Crippen LogP contribution in [-0.4, -0.2) is 9.78 Å². The summed E-state index contributed by atoms with van der Waals surface area (Å²) >= 11 is 2.31. The Labute approximate surface area is 131 Å². The smallest absolute Gasteiger partial charge is 0.0659 e. The van der Waals surface area contributed by atoms with Crippen LogP contribution in [0.4, 0.5) is 5.69 Å². The van der Waals surface area contributed by atoms with Gasteiger partial charge < -0.3 is 5.73 Å². The summed E-state index contributed by atoms with van der Waals surface area (Å²) in [4.78, 5) is 0. The van der Waals surface area contributed by atoms with Crippen molar-refractivity contribution in [3.63, 3.8) is 0 Å². The van der Waals surface area contributed by atoms with Crippen molar-refractivity contribution in [3.8, 4) is 11.1 Å². The molecule has 100 valence electrons. The highest BCUT2D eigenvalue weighted by molar-refractivity contribution is 14.1. The van der Waals surface area contributed by atoms with E-state index < -0.39 is 0 Å². The number of hydrogen-bond donors (Lipinski definition) is 1. The molecule has 0 atom stereocenters. The summed E-state index contributed by atoms with van der Waals surface area (Å²) in [5.41, 5.74) is 9.97. The van der Waals surface area contributed by atoms with E-state index in [0.717, 1.165) is 23.4 Å². The number of aromatic nitrogens is 2. The van der Waals surface area contributed by atoms with E-state index in [4.69, 9.17) is 5.73 Å². The van der Waals surface area contributed by atoms with Gasteiger partial charge in [0.05, 0.1) is 12.7 Å². The zero-order valence-corrected chi connectivity index (χ0v) is 13.0. The number of nitrogens with two attached hydrogens (primary N) is 1. The highest BCUT2D eigenvalue weighted by atomic mass is 127. The lowest BCUT2D eigenvalue weighted by Gasteiger charge is -2.02. The molecule has 0 fully saturated rings. The van der Waals surface area contributed by atoms with E-state index in [9.17, 15) is 0 Å². The molecular formula is C16H14IN3. The van der Waals surface area contributed by atoms with Crippen LogP contribution in [0.25, 0.3) is 11.1 Å². The van der Waals surface area contributed by atoms with Crippen molar-refractivity contribution in [2.75, 3.05) is 5.73 Å². The highest BCUT2D eigenvalue weighted by Gasteiger charge is 2.02. The largest absolute Gasteiger partial charge is 0.399 e. The van der Waals surface area contributed by atoms with E-state index in [1.165, 1.54) is 9.13 Å². The van der Waals surface area contributed by atoms with Gasteiger partial charge in [0.25, 0.3) is 0 Å². The van der Waals surface area contributed by atoms with E-state index in [1.54, 1.807) is 0 Å². The van der Waals surface area contributed by atoms with Crippen molar-refractivity contribution >= 4 is 28.3 Å². The van der Waals surface area contributed by atoms with E-state index in [2.05, 4.69) is 58.2 Å². The standard InChI is InChI=1S/C16H14IN3/c17-15-5-1-12(2-6-15)10-20-11-14(9-19-20)13-3-7-16(18)8-4-13/h1-9,11H,10,18H2. The molecule has 0 aliphatic heterocycles. The highest BCUT2D eigenvalue weighted by Crippen LogP contribution is 2.20. The lowest BCUT2D eigenvalue weighted by Crippen LogP contribution is -1.99. The van der Waals surface area contributed by atoms with Crippen LogP contribution in [0.1, 0.15) is 5.56 Å². The zero-order chi connectivity index (χ0) is 13.9. The van der Waals surface area contributed by atoms with Gasteiger partial charge in [0.1, 0.15) is 0 Å². The lowest BCUT2D eigenvalue weighted by molar-refractivity contribution is 0.687. The summed E-state index contributed by atoms with van der Waals surface area (Å²) in [5, 5.41) is 4.42. The number of halogens is 1. The lowest BCUT2D eigenvalue weighted by atomic mass is 10.1. The third-order valence-corrected chi connectivity index (χ3v) is 3.85. The Morgan fingerprint density at radius 1 is 0.950 bits per heavy atom.